The summed E-state index contributed by atoms with van der Waals surface area (Å²) in [4.78, 5) is -0.263. The standard InChI is InChI=1S/C9H8ClNO3S/c1-2-6-4-9(15(10,13)14)7(5-11)3-8(6)12/h3-4,12H,2H2,1H3. The first kappa shape index (κ1) is 11.8. The van der Waals surface area contributed by atoms with Gasteiger partial charge in [0.15, 0.2) is 0 Å². The molecule has 4 nitrogen and oxygen atoms in total. The summed E-state index contributed by atoms with van der Waals surface area (Å²) in [5.74, 6) is -0.0990. The fourth-order valence-electron chi connectivity index (χ4n) is 1.18. The van der Waals surface area contributed by atoms with Crippen LogP contribution in [0.5, 0.6) is 5.75 Å². The zero-order valence-corrected chi connectivity index (χ0v) is 9.43. The SMILES string of the molecule is CCc1cc(S(=O)(=O)Cl)c(C#N)cc1O. The molecular formula is C9H8ClNO3S. The Morgan fingerprint density at radius 3 is 2.53 bits per heavy atom. The van der Waals surface area contributed by atoms with Gasteiger partial charge >= 0.3 is 0 Å². The Morgan fingerprint density at radius 2 is 2.13 bits per heavy atom. The minimum Gasteiger partial charge on any atom is -0.508 e. The summed E-state index contributed by atoms with van der Waals surface area (Å²) in [5, 5.41) is 18.1. The fourth-order valence-corrected chi connectivity index (χ4v) is 2.22. The van der Waals surface area contributed by atoms with E-state index < -0.39 is 9.05 Å². The molecule has 6 heteroatoms. The molecule has 0 spiro atoms. The lowest BCUT2D eigenvalue weighted by Crippen LogP contribution is -1.97. The minimum atomic E-state index is -3.96. The van der Waals surface area contributed by atoms with Crippen molar-refractivity contribution in [1.29, 1.82) is 5.26 Å². The Bertz CT molecular complexity index is 531. The molecule has 0 unspecified atom stereocenters. The molecule has 0 aromatic heterocycles. The lowest BCUT2D eigenvalue weighted by molar-refractivity contribution is 0.468. The smallest absolute Gasteiger partial charge is 0.262 e. The van der Waals surface area contributed by atoms with E-state index >= 15 is 0 Å². The average molecular weight is 246 g/mol. The molecule has 1 N–H and O–H groups in total. The average Bonchev–Trinajstić information content (AvgIpc) is 2.15. The number of phenols is 1. The van der Waals surface area contributed by atoms with Crippen LogP contribution in [-0.4, -0.2) is 13.5 Å². The highest BCUT2D eigenvalue weighted by molar-refractivity contribution is 8.13. The van der Waals surface area contributed by atoms with Crippen molar-refractivity contribution in [2.45, 2.75) is 18.2 Å². The molecule has 0 fully saturated rings. The molecule has 0 aliphatic heterocycles. The number of aromatic hydroxyl groups is 1. The Hall–Kier alpha value is -1.25. The van der Waals surface area contributed by atoms with Crippen molar-refractivity contribution < 1.29 is 13.5 Å². The van der Waals surface area contributed by atoms with Crippen LogP contribution < -0.4 is 0 Å². The summed E-state index contributed by atoms with van der Waals surface area (Å²) in [7, 11) is 1.21. The van der Waals surface area contributed by atoms with Gasteiger partial charge in [-0.05, 0) is 24.1 Å². The molecule has 0 saturated carbocycles. The molecule has 1 aromatic rings. The van der Waals surface area contributed by atoms with Gasteiger partial charge in [-0.25, -0.2) is 8.42 Å². The first-order valence-corrected chi connectivity index (χ1v) is 6.41. The molecule has 15 heavy (non-hydrogen) atoms. The number of halogens is 1. The molecule has 80 valence electrons. The van der Waals surface area contributed by atoms with E-state index in [-0.39, 0.29) is 16.2 Å². The molecule has 1 rings (SSSR count). The molecule has 0 aliphatic carbocycles. The van der Waals surface area contributed by atoms with Crippen molar-refractivity contribution in [2.24, 2.45) is 0 Å². The van der Waals surface area contributed by atoms with E-state index in [0.717, 1.165) is 6.07 Å². The van der Waals surface area contributed by atoms with Crippen LogP contribution in [0.15, 0.2) is 17.0 Å². The molecule has 0 aliphatic rings. The number of phenolic OH excluding ortho intramolecular Hbond substituents is 1. The van der Waals surface area contributed by atoms with E-state index in [9.17, 15) is 13.5 Å². The van der Waals surface area contributed by atoms with Crippen molar-refractivity contribution in [3.63, 3.8) is 0 Å². The van der Waals surface area contributed by atoms with Gasteiger partial charge < -0.3 is 5.11 Å². The second kappa shape index (κ2) is 4.09. The molecular weight excluding hydrogens is 238 g/mol. The number of aryl methyl sites for hydroxylation is 1. The minimum absolute atomic E-state index is 0.0990. The highest BCUT2D eigenvalue weighted by atomic mass is 35.7. The van der Waals surface area contributed by atoms with Crippen LogP contribution >= 0.6 is 10.7 Å². The van der Waals surface area contributed by atoms with E-state index in [4.69, 9.17) is 15.9 Å². The second-order valence-electron chi connectivity index (χ2n) is 2.88. The fraction of sp³-hybridized carbons (Fsp3) is 0.222. The number of benzene rings is 1. The van der Waals surface area contributed by atoms with Crippen molar-refractivity contribution in [3.05, 3.63) is 23.3 Å². The van der Waals surface area contributed by atoms with Gasteiger partial charge in [-0.1, -0.05) is 6.92 Å². The van der Waals surface area contributed by atoms with Gasteiger partial charge in [0.05, 0.1) is 5.56 Å². The summed E-state index contributed by atoms with van der Waals surface area (Å²) in [6.45, 7) is 1.76. The Labute approximate surface area is 92.1 Å². The van der Waals surface area contributed by atoms with Crippen molar-refractivity contribution in [3.8, 4) is 11.8 Å². The molecule has 0 bridgehead atoms. The van der Waals surface area contributed by atoms with E-state index in [1.54, 1.807) is 13.0 Å². The lowest BCUT2D eigenvalue weighted by Gasteiger charge is -2.05. The van der Waals surface area contributed by atoms with Gasteiger partial charge in [-0.2, -0.15) is 5.26 Å². The Balaban J connectivity index is 3.59. The van der Waals surface area contributed by atoms with Crippen LogP contribution in [0.25, 0.3) is 0 Å². The summed E-state index contributed by atoms with van der Waals surface area (Å²) < 4.78 is 22.2. The van der Waals surface area contributed by atoms with E-state index in [0.29, 0.717) is 12.0 Å². The number of rotatable bonds is 2. The van der Waals surface area contributed by atoms with Gasteiger partial charge in [0.2, 0.25) is 0 Å². The van der Waals surface area contributed by atoms with Crippen LogP contribution in [-0.2, 0) is 15.5 Å². The highest BCUT2D eigenvalue weighted by Gasteiger charge is 2.18. The molecule has 0 heterocycles. The van der Waals surface area contributed by atoms with Crippen molar-refractivity contribution in [1.82, 2.24) is 0 Å². The molecule has 0 radical (unpaired) electrons. The third-order valence-electron chi connectivity index (χ3n) is 1.94. The van der Waals surface area contributed by atoms with Gasteiger partial charge in [0.1, 0.15) is 16.7 Å². The molecule has 0 saturated heterocycles. The Morgan fingerprint density at radius 1 is 1.53 bits per heavy atom. The quantitative estimate of drug-likeness (QED) is 0.806. The topological polar surface area (TPSA) is 78.2 Å². The van der Waals surface area contributed by atoms with Gasteiger partial charge in [-0.3, -0.25) is 0 Å². The maximum atomic E-state index is 11.1. The van der Waals surface area contributed by atoms with E-state index in [1.165, 1.54) is 6.07 Å². The Kier molecular flexibility index (Phi) is 3.22. The van der Waals surface area contributed by atoms with E-state index in [1.807, 2.05) is 0 Å². The third kappa shape index (κ3) is 2.41. The first-order valence-electron chi connectivity index (χ1n) is 4.10. The zero-order chi connectivity index (χ0) is 11.6. The molecule has 1 aromatic carbocycles. The maximum Gasteiger partial charge on any atom is 0.262 e. The summed E-state index contributed by atoms with van der Waals surface area (Å²) in [6.07, 6.45) is 0.455. The van der Waals surface area contributed by atoms with Crippen LogP contribution in [0.3, 0.4) is 0 Å². The number of nitriles is 1. The van der Waals surface area contributed by atoms with Gasteiger partial charge in [0, 0.05) is 10.7 Å². The van der Waals surface area contributed by atoms with Gasteiger partial charge in [0.25, 0.3) is 9.05 Å². The largest absolute Gasteiger partial charge is 0.508 e. The first-order chi connectivity index (χ1) is 6.90. The third-order valence-corrected chi connectivity index (χ3v) is 3.31. The van der Waals surface area contributed by atoms with Crippen LogP contribution in [0, 0.1) is 11.3 Å². The van der Waals surface area contributed by atoms with Crippen molar-refractivity contribution in [2.75, 3.05) is 0 Å². The number of hydrogen-bond acceptors (Lipinski definition) is 4. The zero-order valence-electron chi connectivity index (χ0n) is 7.86. The molecule has 0 amide bonds. The highest BCUT2D eigenvalue weighted by Crippen LogP contribution is 2.27. The van der Waals surface area contributed by atoms with E-state index in [2.05, 4.69) is 0 Å². The van der Waals surface area contributed by atoms with Crippen molar-refractivity contribution >= 4 is 19.7 Å². The summed E-state index contributed by atoms with van der Waals surface area (Å²) in [5.41, 5.74) is 0.285. The van der Waals surface area contributed by atoms with Crippen LogP contribution in [0.4, 0.5) is 0 Å². The van der Waals surface area contributed by atoms with Gasteiger partial charge in [-0.15, -0.1) is 0 Å². The lowest BCUT2D eigenvalue weighted by atomic mass is 10.1. The molecule has 0 atom stereocenters. The normalized spacial score (nSPS) is 11.0. The predicted molar refractivity (Wildman–Crippen MR) is 55.2 cm³/mol. The van der Waals surface area contributed by atoms with Crippen LogP contribution in [0.2, 0.25) is 0 Å². The summed E-state index contributed by atoms with van der Waals surface area (Å²) >= 11 is 0. The van der Waals surface area contributed by atoms with Crippen LogP contribution in [0.1, 0.15) is 18.1 Å². The number of nitrogens with zero attached hydrogens (tertiary/aromatic N) is 1. The monoisotopic (exact) mass is 245 g/mol. The summed E-state index contributed by atoms with van der Waals surface area (Å²) in [6, 6.07) is 3.99. The second-order valence-corrected chi connectivity index (χ2v) is 5.41. The predicted octanol–water partition coefficient (Wildman–Crippen LogP) is 1.75. The maximum absolute atomic E-state index is 11.1. The number of hydrogen-bond donors (Lipinski definition) is 1.